The van der Waals surface area contributed by atoms with Crippen LogP contribution in [0.3, 0.4) is 0 Å². The van der Waals surface area contributed by atoms with E-state index in [0.717, 1.165) is 49.2 Å². The van der Waals surface area contributed by atoms with Crippen molar-refractivity contribution in [3.05, 3.63) is 65.0 Å². The molecule has 1 saturated heterocycles. The molecular formula is C24H28N2O2S. The van der Waals surface area contributed by atoms with Crippen molar-refractivity contribution in [3.8, 4) is 0 Å². The molecule has 0 amide bonds. The van der Waals surface area contributed by atoms with Crippen LogP contribution in [0.2, 0.25) is 0 Å². The molecule has 0 bridgehead atoms. The molecule has 2 aromatic carbocycles. The molecule has 1 aliphatic rings. The van der Waals surface area contributed by atoms with E-state index < -0.39 is 0 Å². The minimum Gasteiger partial charge on any atom is -0.462 e. The minimum atomic E-state index is -0.220. The summed E-state index contributed by atoms with van der Waals surface area (Å²) in [7, 11) is 0. The first-order valence-corrected chi connectivity index (χ1v) is 11.3. The fourth-order valence-corrected chi connectivity index (χ4v) is 4.96. The number of hydrogen-bond donors (Lipinski definition) is 0. The number of rotatable bonds is 7. The first kappa shape index (κ1) is 19.9. The van der Waals surface area contributed by atoms with E-state index in [2.05, 4.69) is 58.3 Å². The third-order valence-corrected chi connectivity index (χ3v) is 6.59. The fraction of sp³-hybridized carbons (Fsp3) is 0.375. The van der Waals surface area contributed by atoms with Crippen LogP contribution in [0.4, 0.5) is 5.69 Å². The first-order chi connectivity index (χ1) is 14.2. The zero-order valence-corrected chi connectivity index (χ0v) is 17.8. The van der Waals surface area contributed by atoms with Crippen LogP contribution in [0.15, 0.2) is 54.6 Å². The first-order valence-electron chi connectivity index (χ1n) is 10.5. The highest BCUT2D eigenvalue weighted by atomic mass is 32.1. The van der Waals surface area contributed by atoms with E-state index in [9.17, 15) is 4.79 Å². The Morgan fingerprint density at radius 3 is 2.59 bits per heavy atom. The van der Waals surface area contributed by atoms with Gasteiger partial charge in [-0.1, -0.05) is 36.4 Å². The Kier molecular flexibility index (Phi) is 6.47. The monoisotopic (exact) mass is 408 g/mol. The van der Waals surface area contributed by atoms with E-state index in [-0.39, 0.29) is 5.97 Å². The van der Waals surface area contributed by atoms with Crippen LogP contribution in [-0.2, 0) is 11.2 Å². The second kappa shape index (κ2) is 9.42. The van der Waals surface area contributed by atoms with Crippen LogP contribution in [0.25, 0.3) is 10.1 Å². The van der Waals surface area contributed by atoms with Gasteiger partial charge in [-0.2, -0.15) is 0 Å². The van der Waals surface area contributed by atoms with Gasteiger partial charge in [0.2, 0.25) is 0 Å². The van der Waals surface area contributed by atoms with Gasteiger partial charge in [0.1, 0.15) is 4.88 Å². The molecule has 1 fully saturated rings. The van der Waals surface area contributed by atoms with Crippen LogP contribution in [-0.4, -0.2) is 50.2 Å². The molecule has 2 heterocycles. The molecule has 4 rings (SSSR count). The molecule has 0 radical (unpaired) electrons. The SMILES string of the molecule is CCOC(=O)c1cc2c(N3CCN(CCCc4ccccc4)CC3)cccc2s1. The Balaban J connectivity index is 1.35. The van der Waals surface area contributed by atoms with Gasteiger partial charge in [-0.3, -0.25) is 4.90 Å². The summed E-state index contributed by atoms with van der Waals surface area (Å²) in [5.41, 5.74) is 2.66. The highest BCUT2D eigenvalue weighted by Gasteiger charge is 2.20. The number of hydrogen-bond acceptors (Lipinski definition) is 5. The topological polar surface area (TPSA) is 32.8 Å². The van der Waals surface area contributed by atoms with Crippen molar-refractivity contribution in [3.63, 3.8) is 0 Å². The lowest BCUT2D eigenvalue weighted by Crippen LogP contribution is -2.46. The van der Waals surface area contributed by atoms with Crippen molar-refractivity contribution in [2.24, 2.45) is 0 Å². The van der Waals surface area contributed by atoms with Gasteiger partial charge in [0, 0.05) is 42.0 Å². The van der Waals surface area contributed by atoms with Crippen LogP contribution < -0.4 is 4.90 Å². The quantitative estimate of drug-likeness (QED) is 0.524. The molecule has 4 nitrogen and oxygen atoms in total. The van der Waals surface area contributed by atoms with E-state index >= 15 is 0 Å². The Hall–Kier alpha value is -2.37. The molecule has 0 spiro atoms. The maximum atomic E-state index is 12.1. The van der Waals surface area contributed by atoms with E-state index in [0.29, 0.717) is 11.5 Å². The van der Waals surface area contributed by atoms with Gasteiger partial charge in [-0.25, -0.2) is 4.79 Å². The summed E-state index contributed by atoms with van der Waals surface area (Å²) in [4.78, 5) is 17.8. The van der Waals surface area contributed by atoms with E-state index in [1.165, 1.54) is 29.0 Å². The summed E-state index contributed by atoms with van der Waals surface area (Å²) >= 11 is 1.52. The van der Waals surface area contributed by atoms with Crippen molar-refractivity contribution in [1.82, 2.24) is 4.90 Å². The normalized spacial score (nSPS) is 15.0. The number of nitrogens with zero attached hydrogens (tertiary/aromatic N) is 2. The molecule has 152 valence electrons. The number of aryl methyl sites for hydroxylation is 1. The average Bonchev–Trinajstić information content (AvgIpc) is 3.20. The summed E-state index contributed by atoms with van der Waals surface area (Å²) in [6.07, 6.45) is 2.35. The zero-order valence-electron chi connectivity index (χ0n) is 17.0. The van der Waals surface area contributed by atoms with Gasteiger partial charge in [-0.15, -0.1) is 11.3 Å². The van der Waals surface area contributed by atoms with Crippen molar-refractivity contribution in [2.45, 2.75) is 19.8 Å². The molecule has 3 aromatic rings. The highest BCUT2D eigenvalue weighted by Crippen LogP contribution is 2.34. The number of fused-ring (bicyclic) bond motifs is 1. The Labute approximate surface area is 176 Å². The van der Waals surface area contributed by atoms with Gasteiger partial charge >= 0.3 is 5.97 Å². The van der Waals surface area contributed by atoms with Crippen molar-refractivity contribution < 1.29 is 9.53 Å². The third kappa shape index (κ3) is 4.80. The van der Waals surface area contributed by atoms with Gasteiger partial charge in [0.15, 0.2) is 0 Å². The molecule has 0 saturated carbocycles. The number of anilines is 1. The van der Waals surface area contributed by atoms with E-state index in [1.807, 2.05) is 13.0 Å². The van der Waals surface area contributed by atoms with E-state index in [4.69, 9.17) is 4.74 Å². The second-order valence-electron chi connectivity index (χ2n) is 7.44. The molecule has 29 heavy (non-hydrogen) atoms. The molecule has 0 aliphatic carbocycles. The standard InChI is InChI=1S/C24H28N2O2S/c1-2-28-24(27)23-18-20-21(11-6-12-22(20)29-23)26-16-14-25(15-17-26)13-7-10-19-8-4-3-5-9-19/h3-6,8-9,11-12,18H,2,7,10,13-17H2,1H3. The second-order valence-corrected chi connectivity index (χ2v) is 8.52. The van der Waals surface area contributed by atoms with Crippen molar-refractivity contribution in [2.75, 3.05) is 44.2 Å². The van der Waals surface area contributed by atoms with Crippen LogP contribution in [0, 0.1) is 0 Å². The molecule has 0 N–H and O–H groups in total. The highest BCUT2D eigenvalue weighted by molar-refractivity contribution is 7.20. The third-order valence-electron chi connectivity index (χ3n) is 5.51. The number of ether oxygens (including phenoxy) is 1. The Morgan fingerprint density at radius 1 is 1.03 bits per heavy atom. The lowest BCUT2D eigenvalue weighted by atomic mass is 10.1. The van der Waals surface area contributed by atoms with Gasteiger partial charge in [0.25, 0.3) is 0 Å². The molecule has 0 unspecified atom stereocenters. The summed E-state index contributed by atoms with van der Waals surface area (Å²) in [6, 6.07) is 19.1. The smallest absolute Gasteiger partial charge is 0.348 e. The fourth-order valence-electron chi connectivity index (χ4n) is 3.99. The van der Waals surface area contributed by atoms with Crippen LogP contribution in [0.5, 0.6) is 0 Å². The summed E-state index contributed by atoms with van der Waals surface area (Å²) in [5.74, 6) is -0.220. The number of esters is 1. The zero-order chi connectivity index (χ0) is 20.1. The summed E-state index contributed by atoms with van der Waals surface area (Å²) in [6.45, 7) is 7.62. The lowest BCUT2D eigenvalue weighted by Gasteiger charge is -2.36. The summed E-state index contributed by atoms with van der Waals surface area (Å²) in [5, 5.41) is 1.16. The molecular weight excluding hydrogens is 380 g/mol. The Morgan fingerprint density at radius 2 is 1.83 bits per heavy atom. The average molecular weight is 409 g/mol. The number of benzene rings is 2. The number of carbonyl (C=O) groups is 1. The van der Waals surface area contributed by atoms with Crippen molar-refractivity contribution in [1.29, 1.82) is 0 Å². The van der Waals surface area contributed by atoms with Gasteiger partial charge < -0.3 is 9.64 Å². The number of piperazine rings is 1. The minimum absolute atomic E-state index is 0.220. The maximum absolute atomic E-state index is 12.1. The van der Waals surface area contributed by atoms with Crippen LogP contribution in [0.1, 0.15) is 28.6 Å². The Bertz CT molecular complexity index is 946. The van der Waals surface area contributed by atoms with Gasteiger partial charge in [-0.05, 0) is 50.1 Å². The summed E-state index contributed by atoms with van der Waals surface area (Å²) < 4.78 is 6.33. The molecule has 1 aliphatic heterocycles. The number of carbonyl (C=O) groups excluding carboxylic acids is 1. The van der Waals surface area contributed by atoms with Crippen molar-refractivity contribution >= 4 is 33.1 Å². The predicted molar refractivity (Wildman–Crippen MR) is 121 cm³/mol. The van der Waals surface area contributed by atoms with E-state index in [1.54, 1.807) is 0 Å². The van der Waals surface area contributed by atoms with Gasteiger partial charge in [0.05, 0.1) is 6.61 Å². The largest absolute Gasteiger partial charge is 0.462 e. The number of thiophene rings is 1. The molecule has 1 aromatic heterocycles. The predicted octanol–water partition coefficient (Wildman–Crippen LogP) is 4.83. The molecule has 0 atom stereocenters. The lowest BCUT2D eigenvalue weighted by molar-refractivity contribution is 0.0532. The maximum Gasteiger partial charge on any atom is 0.348 e. The van der Waals surface area contributed by atoms with Crippen LogP contribution >= 0.6 is 11.3 Å². The molecule has 5 heteroatoms.